The highest BCUT2D eigenvalue weighted by Crippen LogP contribution is 2.31. The lowest BCUT2D eigenvalue weighted by molar-refractivity contribution is -0.116. The van der Waals surface area contributed by atoms with Crippen LogP contribution >= 0.6 is 23.2 Å². The SMILES string of the molecule is CCN(CC(=O)Nc1c(Cl)cccc1Cl)C(=O)c1ccc(OC(F)F)c(OC)c1. The van der Waals surface area contributed by atoms with E-state index in [9.17, 15) is 18.4 Å². The normalized spacial score (nSPS) is 10.6. The fraction of sp³-hybridized carbons (Fsp3) is 0.263. The van der Waals surface area contributed by atoms with Crippen molar-refractivity contribution in [2.75, 3.05) is 25.5 Å². The molecule has 0 saturated heterocycles. The molecule has 0 radical (unpaired) electrons. The molecule has 6 nitrogen and oxygen atoms in total. The van der Waals surface area contributed by atoms with Crippen LogP contribution in [-0.4, -0.2) is 43.5 Å². The predicted octanol–water partition coefficient (Wildman–Crippen LogP) is 4.70. The fourth-order valence-electron chi connectivity index (χ4n) is 2.47. The molecule has 10 heteroatoms. The van der Waals surface area contributed by atoms with Crippen molar-refractivity contribution in [1.82, 2.24) is 4.90 Å². The number of ether oxygens (including phenoxy) is 2. The summed E-state index contributed by atoms with van der Waals surface area (Å²) in [6.07, 6.45) is 0. The lowest BCUT2D eigenvalue weighted by atomic mass is 10.1. The number of alkyl halides is 2. The van der Waals surface area contributed by atoms with Crippen LogP contribution in [0.5, 0.6) is 11.5 Å². The summed E-state index contributed by atoms with van der Waals surface area (Å²) in [7, 11) is 1.26. The molecule has 0 atom stereocenters. The summed E-state index contributed by atoms with van der Waals surface area (Å²) in [6.45, 7) is -1.38. The highest BCUT2D eigenvalue weighted by molar-refractivity contribution is 6.39. The molecule has 29 heavy (non-hydrogen) atoms. The molecule has 0 unspecified atom stereocenters. The van der Waals surface area contributed by atoms with E-state index in [2.05, 4.69) is 10.1 Å². The third kappa shape index (κ3) is 5.95. The highest BCUT2D eigenvalue weighted by Gasteiger charge is 2.21. The number of amides is 2. The Hall–Kier alpha value is -2.58. The van der Waals surface area contributed by atoms with Crippen molar-refractivity contribution in [3.8, 4) is 11.5 Å². The second kappa shape index (κ2) is 10.3. The average Bonchev–Trinajstić information content (AvgIpc) is 2.68. The minimum absolute atomic E-state index is 0.0282. The molecule has 2 aromatic carbocycles. The quantitative estimate of drug-likeness (QED) is 0.637. The molecular formula is C19H18Cl2F2N2O4. The summed E-state index contributed by atoms with van der Waals surface area (Å²) in [4.78, 5) is 26.4. The van der Waals surface area contributed by atoms with Crippen LogP contribution in [0.15, 0.2) is 36.4 Å². The summed E-state index contributed by atoms with van der Waals surface area (Å²) in [6, 6.07) is 8.56. The van der Waals surface area contributed by atoms with E-state index in [1.165, 1.54) is 30.2 Å². The average molecular weight is 447 g/mol. The van der Waals surface area contributed by atoms with Crippen LogP contribution in [-0.2, 0) is 4.79 Å². The first-order chi connectivity index (χ1) is 13.8. The first-order valence-electron chi connectivity index (χ1n) is 8.42. The van der Waals surface area contributed by atoms with Gasteiger partial charge in [0.05, 0.1) is 22.8 Å². The van der Waals surface area contributed by atoms with E-state index < -0.39 is 18.4 Å². The third-order valence-electron chi connectivity index (χ3n) is 3.86. The molecule has 0 fully saturated rings. The van der Waals surface area contributed by atoms with Gasteiger partial charge in [0.15, 0.2) is 11.5 Å². The number of likely N-dealkylation sites (N-methyl/N-ethyl adjacent to an activating group) is 1. The van der Waals surface area contributed by atoms with E-state index >= 15 is 0 Å². The van der Waals surface area contributed by atoms with E-state index in [-0.39, 0.29) is 45.9 Å². The van der Waals surface area contributed by atoms with E-state index in [0.29, 0.717) is 0 Å². The fourth-order valence-corrected chi connectivity index (χ4v) is 2.97. The highest BCUT2D eigenvalue weighted by atomic mass is 35.5. The van der Waals surface area contributed by atoms with Gasteiger partial charge in [0.2, 0.25) is 5.91 Å². The number of nitrogens with one attached hydrogen (secondary N) is 1. The molecule has 0 heterocycles. The zero-order chi connectivity index (χ0) is 21.6. The maximum Gasteiger partial charge on any atom is 0.387 e. The molecule has 2 rings (SSSR count). The topological polar surface area (TPSA) is 67.9 Å². The number of anilines is 1. The van der Waals surface area contributed by atoms with Gasteiger partial charge in [0.1, 0.15) is 6.54 Å². The Kier molecular flexibility index (Phi) is 8.04. The van der Waals surface area contributed by atoms with Gasteiger partial charge in [-0.3, -0.25) is 9.59 Å². The Labute approximate surface area is 176 Å². The smallest absolute Gasteiger partial charge is 0.387 e. The van der Waals surface area contributed by atoms with Crippen molar-refractivity contribution in [2.24, 2.45) is 0 Å². The molecule has 0 aliphatic rings. The number of methoxy groups -OCH3 is 1. The van der Waals surface area contributed by atoms with Crippen molar-refractivity contribution in [3.05, 3.63) is 52.0 Å². The molecule has 0 saturated carbocycles. The second-order valence-electron chi connectivity index (χ2n) is 5.71. The van der Waals surface area contributed by atoms with Crippen LogP contribution in [0.1, 0.15) is 17.3 Å². The van der Waals surface area contributed by atoms with E-state index in [4.69, 9.17) is 27.9 Å². The molecule has 2 amide bonds. The maximum absolute atomic E-state index is 12.7. The number of hydrogen-bond donors (Lipinski definition) is 1. The van der Waals surface area contributed by atoms with Gasteiger partial charge in [-0.05, 0) is 37.3 Å². The number of carbonyl (C=O) groups is 2. The van der Waals surface area contributed by atoms with Gasteiger partial charge in [0, 0.05) is 12.1 Å². The molecule has 0 bridgehead atoms. The van der Waals surface area contributed by atoms with Crippen molar-refractivity contribution < 1.29 is 27.8 Å². The summed E-state index contributed by atoms with van der Waals surface area (Å²) < 4.78 is 34.2. The van der Waals surface area contributed by atoms with Gasteiger partial charge < -0.3 is 19.7 Å². The van der Waals surface area contributed by atoms with Crippen LogP contribution in [0.4, 0.5) is 14.5 Å². The van der Waals surface area contributed by atoms with E-state index in [1.807, 2.05) is 0 Å². The minimum Gasteiger partial charge on any atom is -0.493 e. The zero-order valence-electron chi connectivity index (χ0n) is 15.5. The molecule has 1 N–H and O–H groups in total. The number of hydrogen-bond acceptors (Lipinski definition) is 4. The van der Waals surface area contributed by atoms with Gasteiger partial charge in [0.25, 0.3) is 5.91 Å². The molecule has 2 aromatic rings. The van der Waals surface area contributed by atoms with Crippen LogP contribution in [0.25, 0.3) is 0 Å². The summed E-state index contributed by atoms with van der Waals surface area (Å²) in [5, 5.41) is 3.11. The standard InChI is InChI=1S/C19H18Cl2F2N2O4/c1-3-25(10-16(26)24-17-12(20)5-4-6-13(17)21)18(27)11-7-8-14(29-19(22)23)15(9-11)28-2/h4-9,19H,3,10H2,1-2H3,(H,24,26). The Morgan fingerprint density at radius 1 is 1.14 bits per heavy atom. The van der Waals surface area contributed by atoms with Crippen LogP contribution < -0.4 is 14.8 Å². The number of para-hydroxylation sites is 1. The number of rotatable bonds is 8. The number of carbonyl (C=O) groups excluding carboxylic acids is 2. The monoisotopic (exact) mass is 446 g/mol. The largest absolute Gasteiger partial charge is 0.493 e. The zero-order valence-corrected chi connectivity index (χ0v) is 17.1. The minimum atomic E-state index is -3.03. The van der Waals surface area contributed by atoms with E-state index in [1.54, 1.807) is 25.1 Å². The van der Waals surface area contributed by atoms with Gasteiger partial charge in [-0.25, -0.2) is 0 Å². The molecule has 0 aliphatic heterocycles. The maximum atomic E-state index is 12.7. The Morgan fingerprint density at radius 3 is 2.34 bits per heavy atom. The Morgan fingerprint density at radius 2 is 1.79 bits per heavy atom. The van der Waals surface area contributed by atoms with Gasteiger partial charge in [-0.2, -0.15) is 8.78 Å². The first kappa shape index (κ1) is 22.7. The summed E-state index contributed by atoms with van der Waals surface area (Å²) in [5.41, 5.74) is 0.397. The molecule has 156 valence electrons. The van der Waals surface area contributed by atoms with Crippen LogP contribution in [0, 0.1) is 0 Å². The lowest BCUT2D eigenvalue weighted by Gasteiger charge is -2.21. The number of nitrogens with zero attached hydrogens (tertiary/aromatic N) is 1. The van der Waals surface area contributed by atoms with Gasteiger partial charge in [-0.15, -0.1) is 0 Å². The lowest BCUT2D eigenvalue weighted by Crippen LogP contribution is -2.38. The summed E-state index contributed by atoms with van der Waals surface area (Å²) >= 11 is 12.1. The van der Waals surface area contributed by atoms with Gasteiger partial charge in [-0.1, -0.05) is 29.3 Å². The predicted molar refractivity (Wildman–Crippen MR) is 106 cm³/mol. The van der Waals surface area contributed by atoms with Crippen molar-refractivity contribution in [2.45, 2.75) is 13.5 Å². The van der Waals surface area contributed by atoms with Crippen molar-refractivity contribution in [3.63, 3.8) is 0 Å². The molecule has 0 aliphatic carbocycles. The van der Waals surface area contributed by atoms with Crippen molar-refractivity contribution in [1.29, 1.82) is 0 Å². The van der Waals surface area contributed by atoms with Crippen molar-refractivity contribution >= 4 is 40.7 Å². The molecule has 0 spiro atoms. The third-order valence-corrected chi connectivity index (χ3v) is 4.49. The Balaban J connectivity index is 2.15. The first-order valence-corrected chi connectivity index (χ1v) is 9.18. The van der Waals surface area contributed by atoms with Crippen LogP contribution in [0.2, 0.25) is 10.0 Å². The van der Waals surface area contributed by atoms with Gasteiger partial charge >= 0.3 is 6.61 Å². The number of benzene rings is 2. The molecule has 0 aromatic heterocycles. The summed E-state index contributed by atoms with van der Waals surface area (Å²) in [5.74, 6) is -1.22. The Bertz CT molecular complexity index is 876. The number of halogens is 4. The molecular weight excluding hydrogens is 429 g/mol. The second-order valence-corrected chi connectivity index (χ2v) is 6.52. The van der Waals surface area contributed by atoms with E-state index in [0.717, 1.165) is 0 Å². The van der Waals surface area contributed by atoms with Crippen LogP contribution in [0.3, 0.4) is 0 Å².